The van der Waals surface area contributed by atoms with Crippen LogP contribution >= 0.6 is 0 Å². The number of carbonyl (C=O) groups excluding carboxylic acids is 1. The van der Waals surface area contributed by atoms with Crippen molar-refractivity contribution >= 4 is 11.9 Å². The monoisotopic (exact) mass is 297 g/mol. The number of ether oxygens (including phenoxy) is 1. The Morgan fingerprint density at radius 3 is 2.52 bits per heavy atom. The third kappa shape index (κ3) is 3.39. The maximum absolute atomic E-state index is 12.3. The first-order valence-electron chi connectivity index (χ1n) is 7.95. The minimum absolute atomic E-state index is 0.0498. The number of amides is 1. The van der Waals surface area contributed by atoms with Crippen LogP contribution in [0.5, 0.6) is 0 Å². The van der Waals surface area contributed by atoms with Crippen molar-refractivity contribution in [2.75, 3.05) is 13.2 Å². The zero-order chi connectivity index (χ0) is 15.6. The molecule has 2 N–H and O–H groups in total. The minimum Gasteiger partial charge on any atom is -0.481 e. The third-order valence-corrected chi connectivity index (χ3v) is 5.60. The molecule has 2 fully saturated rings. The molecule has 5 nitrogen and oxygen atoms in total. The quantitative estimate of drug-likeness (QED) is 0.836. The van der Waals surface area contributed by atoms with Crippen LogP contribution in [0.2, 0.25) is 0 Å². The maximum Gasteiger partial charge on any atom is 0.307 e. The third-order valence-electron chi connectivity index (χ3n) is 5.60. The van der Waals surface area contributed by atoms with Gasteiger partial charge >= 0.3 is 5.97 Å². The van der Waals surface area contributed by atoms with Crippen LogP contribution in [0.4, 0.5) is 0 Å². The summed E-state index contributed by atoms with van der Waals surface area (Å²) in [5.74, 6) is -0.904. The van der Waals surface area contributed by atoms with Gasteiger partial charge in [0.15, 0.2) is 0 Å². The molecule has 2 aliphatic rings. The van der Waals surface area contributed by atoms with Gasteiger partial charge in [0.2, 0.25) is 5.91 Å². The first-order valence-corrected chi connectivity index (χ1v) is 7.95. The van der Waals surface area contributed by atoms with E-state index in [1.54, 1.807) is 0 Å². The molecule has 0 radical (unpaired) electrons. The first kappa shape index (κ1) is 16.3. The van der Waals surface area contributed by atoms with Gasteiger partial charge in [0, 0.05) is 12.6 Å². The van der Waals surface area contributed by atoms with Gasteiger partial charge < -0.3 is 15.2 Å². The van der Waals surface area contributed by atoms with Crippen LogP contribution in [-0.2, 0) is 14.3 Å². The van der Waals surface area contributed by atoms with Crippen molar-refractivity contribution in [3.05, 3.63) is 0 Å². The van der Waals surface area contributed by atoms with Gasteiger partial charge in [-0.05, 0) is 37.0 Å². The lowest BCUT2D eigenvalue weighted by Crippen LogP contribution is -2.53. The molecule has 120 valence electrons. The molecule has 2 rings (SSSR count). The molecule has 0 aromatic carbocycles. The number of carboxylic acids is 1. The summed E-state index contributed by atoms with van der Waals surface area (Å²) >= 11 is 0. The van der Waals surface area contributed by atoms with Crippen LogP contribution in [0.15, 0.2) is 0 Å². The van der Waals surface area contributed by atoms with Crippen molar-refractivity contribution in [1.82, 2.24) is 5.32 Å². The summed E-state index contributed by atoms with van der Waals surface area (Å²) in [5.41, 5.74) is -0.314. The average Bonchev–Trinajstić information content (AvgIpc) is 2.44. The molecule has 21 heavy (non-hydrogen) atoms. The molecular weight excluding hydrogens is 270 g/mol. The Bertz CT molecular complexity index is 401. The van der Waals surface area contributed by atoms with Gasteiger partial charge in [0.1, 0.15) is 0 Å². The van der Waals surface area contributed by atoms with Crippen molar-refractivity contribution in [3.8, 4) is 0 Å². The Labute approximate surface area is 126 Å². The summed E-state index contributed by atoms with van der Waals surface area (Å²) in [6.07, 6.45) is 3.18. The fourth-order valence-electron chi connectivity index (χ4n) is 3.69. The van der Waals surface area contributed by atoms with Gasteiger partial charge in [-0.25, -0.2) is 0 Å². The number of hydrogen-bond acceptors (Lipinski definition) is 3. The van der Waals surface area contributed by atoms with Crippen molar-refractivity contribution in [1.29, 1.82) is 0 Å². The van der Waals surface area contributed by atoms with Gasteiger partial charge in [-0.15, -0.1) is 0 Å². The van der Waals surface area contributed by atoms with E-state index in [-0.39, 0.29) is 35.1 Å². The SMILES string of the molecule is CC1C(NC(=O)C2CCCOC2)CCC(C(=O)O)C1(C)C. The fourth-order valence-corrected chi connectivity index (χ4v) is 3.69. The Morgan fingerprint density at radius 1 is 1.24 bits per heavy atom. The molecule has 5 heteroatoms. The fraction of sp³-hybridized carbons (Fsp3) is 0.875. The Balaban J connectivity index is 1.98. The van der Waals surface area contributed by atoms with Crippen molar-refractivity contribution in [3.63, 3.8) is 0 Å². The van der Waals surface area contributed by atoms with Gasteiger partial charge in [-0.1, -0.05) is 20.8 Å². The predicted molar refractivity (Wildman–Crippen MR) is 78.8 cm³/mol. The highest BCUT2D eigenvalue weighted by atomic mass is 16.5. The maximum atomic E-state index is 12.3. The molecule has 1 saturated heterocycles. The summed E-state index contributed by atoms with van der Waals surface area (Å²) in [6.45, 7) is 7.30. The van der Waals surface area contributed by atoms with Crippen LogP contribution in [0, 0.1) is 23.2 Å². The van der Waals surface area contributed by atoms with E-state index in [0.717, 1.165) is 25.9 Å². The molecule has 1 heterocycles. The molecule has 0 spiro atoms. The van der Waals surface area contributed by atoms with Crippen molar-refractivity contribution in [2.45, 2.75) is 52.5 Å². The van der Waals surface area contributed by atoms with Crippen molar-refractivity contribution < 1.29 is 19.4 Å². The smallest absolute Gasteiger partial charge is 0.307 e. The predicted octanol–water partition coefficient (Wildman–Crippen LogP) is 2.05. The number of aliphatic carboxylic acids is 1. The summed E-state index contributed by atoms with van der Waals surface area (Å²) in [4.78, 5) is 23.7. The number of nitrogens with one attached hydrogen (secondary N) is 1. The summed E-state index contributed by atoms with van der Waals surface area (Å²) in [7, 11) is 0. The molecule has 1 amide bonds. The second-order valence-corrected chi connectivity index (χ2v) is 7.11. The highest BCUT2D eigenvalue weighted by Gasteiger charge is 2.46. The van der Waals surface area contributed by atoms with Crippen LogP contribution in [-0.4, -0.2) is 36.2 Å². The van der Waals surface area contributed by atoms with Crippen LogP contribution in [0.3, 0.4) is 0 Å². The highest BCUT2D eigenvalue weighted by Crippen LogP contribution is 2.45. The summed E-state index contributed by atoms with van der Waals surface area (Å²) in [6, 6.07) is 0.0602. The molecule has 1 aliphatic heterocycles. The molecule has 0 bridgehead atoms. The minimum atomic E-state index is -0.725. The largest absolute Gasteiger partial charge is 0.481 e. The second-order valence-electron chi connectivity index (χ2n) is 7.11. The highest BCUT2D eigenvalue weighted by molar-refractivity contribution is 5.79. The first-order chi connectivity index (χ1) is 9.84. The van der Waals surface area contributed by atoms with E-state index in [1.807, 2.05) is 13.8 Å². The zero-order valence-corrected chi connectivity index (χ0v) is 13.2. The van der Waals surface area contributed by atoms with Gasteiger partial charge in [-0.2, -0.15) is 0 Å². The Kier molecular flexibility index (Phi) is 4.91. The van der Waals surface area contributed by atoms with Gasteiger partial charge in [0.05, 0.1) is 18.4 Å². The molecule has 0 aromatic rings. The molecular formula is C16H27NO4. The van der Waals surface area contributed by atoms with E-state index in [9.17, 15) is 14.7 Å². The summed E-state index contributed by atoms with van der Waals surface area (Å²) < 4.78 is 5.37. The number of hydrogen-bond donors (Lipinski definition) is 2. The van der Waals surface area contributed by atoms with Crippen LogP contribution < -0.4 is 5.32 Å². The number of carboxylic acid groups (broad SMARTS) is 1. The lowest BCUT2D eigenvalue weighted by Gasteiger charge is -2.46. The topological polar surface area (TPSA) is 75.6 Å². The van der Waals surface area contributed by atoms with E-state index >= 15 is 0 Å². The molecule has 0 aromatic heterocycles. The number of carbonyl (C=O) groups is 2. The molecule has 1 saturated carbocycles. The number of rotatable bonds is 3. The van der Waals surface area contributed by atoms with E-state index in [0.29, 0.717) is 13.0 Å². The van der Waals surface area contributed by atoms with E-state index in [4.69, 9.17) is 4.74 Å². The van der Waals surface area contributed by atoms with Gasteiger partial charge in [-0.3, -0.25) is 9.59 Å². The Morgan fingerprint density at radius 2 is 1.95 bits per heavy atom. The van der Waals surface area contributed by atoms with E-state index in [1.165, 1.54) is 0 Å². The second kappa shape index (κ2) is 6.34. The molecule has 1 aliphatic carbocycles. The normalized spacial score (nSPS) is 36.0. The summed E-state index contributed by atoms with van der Waals surface area (Å²) in [5, 5.41) is 12.5. The van der Waals surface area contributed by atoms with Crippen molar-refractivity contribution in [2.24, 2.45) is 23.2 Å². The van der Waals surface area contributed by atoms with Gasteiger partial charge in [0.25, 0.3) is 0 Å². The average molecular weight is 297 g/mol. The van der Waals surface area contributed by atoms with E-state index in [2.05, 4.69) is 12.2 Å². The molecule has 4 atom stereocenters. The van der Waals surface area contributed by atoms with E-state index < -0.39 is 5.97 Å². The zero-order valence-electron chi connectivity index (χ0n) is 13.2. The molecule has 4 unspecified atom stereocenters. The lowest BCUT2D eigenvalue weighted by atomic mass is 9.61. The van der Waals surface area contributed by atoms with Crippen LogP contribution in [0.1, 0.15) is 46.5 Å². The van der Waals surface area contributed by atoms with Crippen LogP contribution in [0.25, 0.3) is 0 Å². The lowest BCUT2D eigenvalue weighted by molar-refractivity contribution is -0.150. The standard InChI is InChI=1S/C16H27NO4/c1-10-13(7-6-12(15(19)20)16(10,2)3)17-14(18)11-5-4-8-21-9-11/h10-13H,4-9H2,1-3H3,(H,17,18)(H,19,20). The Hall–Kier alpha value is -1.10.